The van der Waals surface area contributed by atoms with Gasteiger partial charge >= 0.3 is 0 Å². The summed E-state index contributed by atoms with van der Waals surface area (Å²) in [6.07, 6.45) is 0. The smallest absolute Gasteiger partial charge is 0.236 e. The fraction of sp³-hybridized carbons (Fsp3) is 0.643. The molecular weight excluding hydrogens is 254 g/mol. The minimum Gasteiger partial charge on any atom is -0.370 e. The van der Waals surface area contributed by atoms with Gasteiger partial charge in [-0.05, 0) is 20.4 Å². The first-order valence-electron chi connectivity index (χ1n) is 6.97. The van der Waals surface area contributed by atoms with Crippen LogP contribution in [0.4, 0.5) is 5.82 Å². The van der Waals surface area contributed by atoms with Gasteiger partial charge in [-0.1, -0.05) is 6.92 Å². The van der Waals surface area contributed by atoms with E-state index >= 15 is 0 Å². The van der Waals surface area contributed by atoms with Crippen molar-refractivity contribution in [2.45, 2.75) is 27.3 Å². The van der Waals surface area contributed by atoms with E-state index in [9.17, 15) is 4.79 Å². The Labute approximate surface area is 121 Å². The third kappa shape index (κ3) is 5.13. The third-order valence-electron chi connectivity index (χ3n) is 2.93. The fourth-order valence-corrected chi connectivity index (χ4v) is 1.78. The molecule has 0 aliphatic rings. The van der Waals surface area contributed by atoms with Crippen LogP contribution in [-0.4, -0.2) is 59.4 Å². The summed E-state index contributed by atoms with van der Waals surface area (Å²) in [5.74, 6) is 1.67. The summed E-state index contributed by atoms with van der Waals surface area (Å²) in [7, 11) is 3.53. The van der Waals surface area contributed by atoms with Gasteiger partial charge in [0, 0.05) is 32.4 Å². The third-order valence-corrected chi connectivity index (χ3v) is 2.93. The number of likely N-dealkylation sites (N-methyl/N-ethyl adjacent to an activating group) is 2. The highest BCUT2D eigenvalue weighted by atomic mass is 16.2. The van der Waals surface area contributed by atoms with Crippen LogP contribution in [0.15, 0.2) is 6.07 Å². The summed E-state index contributed by atoms with van der Waals surface area (Å²) in [6, 6.07) is 1.92. The van der Waals surface area contributed by atoms with E-state index in [1.165, 1.54) is 0 Å². The van der Waals surface area contributed by atoms with Gasteiger partial charge in [0.1, 0.15) is 11.6 Å². The minimum absolute atomic E-state index is 0.0893. The van der Waals surface area contributed by atoms with Crippen LogP contribution in [0.25, 0.3) is 0 Å². The Morgan fingerprint density at radius 2 is 2.00 bits per heavy atom. The van der Waals surface area contributed by atoms with Crippen molar-refractivity contribution in [1.29, 1.82) is 0 Å². The SMILES string of the molecule is CCNc1cc(C)nc(CN(CC)CC(=O)N(C)C)n1. The summed E-state index contributed by atoms with van der Waals surface area (Å²) in [5, 5.41) is 3.19. The second-order valence-corrected chi connectivity index (χ2v) is 4.93. The standard InChI is InChI=1S/C14H25N5O/c1-6-15-12-8-11(3)16-13(17-12)9-19(7-2)10-14(20)18(4)5/h8H,6-7,9-10H2,1-5H3,(H,15,16,17). The highest BCUT2D eigenvalue weighted by Crippen LogP contribution is 2.08. The molecule has 6 nitrogen and oxygen atoms in total. The molecule has 1 amide bonds. The minimum atomic E-state index is 0.0893. The highest BCUT2D eigenvalue weighted by molar-refractivity contribution is 5.77. The fourth-order valence-electron chi connectivity index (χ4n) is 1.78. The lowest BCUT2D eigenvalue weighted by Gasteiger charge is -2.21. The first-order valence-corrected chi connectivity index (χ1v) is 6.97. The quantitative estimate of drug-likeness (QED) is 0.810. The number of aromatic nitrogens is 2. The van der Waals surface area contributed by atoms with Gasteiger partial charge in [-0.15, -0.1) is 0 Å². The monoisotopic (exact) mass is 279 g/mol. The predicted octanol–water partition coefficient (Wildman–Crippen LogP) is 1.13. The largest absolute Gasteiger partial charge is 0.370 e. The Balaban J connectivity index is 2.76. The molecule has 6 heteroatoms. The molecule has 0 unspecified atom stereocenters. The van der Waals surface area contributed by atoms with Crippen LogP contribution in [0.5, 0.6) is 0 Å². The van der Waals surface area contributed by atoms with Gasteiger partial charge in [-0.25, -0.2) is 9.97 Å². The van der Waals surface area contributed by atoms with Gasteiger partial charge in [0.05, 0.1) is 13.1 Å². The molecule has 1 N–H and O–H groups in total. The number of aryl methyl sites for hydroxylation is 1. The molecule has 0 aliphatic heterocycles. The van der Waals surface area contributed by atoms with E-state index < -0.39 is 0 Å². The van der Waals surface area contributed by atoms with E-state index in [0.29, 0.717) is 13.1 Å². The van der Waals surface area contributed by atoms with E-state index in [0.717, 1.165) is 30.4 Å². The Morgan fingerprint density at radius 1 is 1.30 bits per heavy atom. The molecule has 0 bridgehead atoms. The lowest BCUT2D eigenvalue weighted by atomic mass is 10.3. The lowest BCUT2D eigenvalue weighted by Crippen LogP contribution is -2.36. The van der Waals surface area contributed by atoms with E-state index in [-0.39, 0.29) is 5.91 Å². The summed E-state index contributed by atoms with van der Waals surface area (Å²) in [6.45, 7) is 8.59. The zero-order chi connectivity index (χ0) is 15.1. The number of hydrogen-bond donors (Lipinski definition) is 1. The van der Waals surface area contributed by atoms with Crippen LogP contribution in [0.1, 0.15) is 25.4 Å². The van der Waals surface area contributed by atoms with Gasteiger partial charge in [0.2, 0.25) is 5.91 Å². The van der Waals surface area contributed by atoms with Crippen molar-refractivity contribution < 1.29 is 4.79 Å². The van der Waals surface area contributed by atoms with Crippen LogP contribution < -0.4 is 5.32 Å². The van der Waals surface area contributed by atoms with Crippen molar-refractivity contribution in [1.82, 2.24) is 19.8 Å². The normalized spacial score (nSPS) is 10.7. The van der Waals surface area contributed by atoms with Gasteiger partial charge in [-0.2, -0.15) is 0 Å². The molecule has 0 aliphatic carbocycles. The average molecular weight is 279 g/mol. The zero-order valence-corrected chi connectivity index (χ0v) is 13.1. The summed E-state index contributed by atoms with van der Waals surface area (Å²) in [5.41, 5.74) is 0.931. The highest BCUT2D eigenvalue weighted by Gasteiger charge is 2.13. The molecular formula is C14H25N5O. The van der Waals surface area contributed by atoms with Crippen molar-refractivity contribution in [3.8, 4) is 0 Å². The second-order valence-electron chi connectivity index (χ2n) is 4.93. The van der Waals surface area contributed by atoms with Gasteiger partial charge in [-0.3, -0.25) is 9.69 Å². The van der Waals surface area contributed by atoms with Crippen LogP contribution in [-0.2, 0) is 11.3 Å². The van der Waals surface area contributed by atoms with Crippen LogP contribution in [0.3, 0.4) is 0 Å². The summed E-state index contributed by atoms with van der Waals surface area (Å²) in [4.78, 5) is 24.3. The molecule has 0 radical (unpaired) electrons. The molecule has 1 rings (SSSR count). The van der Waals surface area contributed by atoms with Gasteiger partial charge < -0.3 is 10.2 Å². The Kier molecular flexibility index (Phi) is 6.38. The number of rotatable bonds is 7. The van der Waals surface area contributed by atoms with E-state index in [1.807, 2.05) is 31.7 Å². The average Bonchev–Trinajstić information content (AvgIpc) is 2.37. The number of carbonyl (C=O) groups is 1. The molecule has 0 saturated heterocycles. The zero-order valence-electron chi connectivity index (χ0n) is 13.1. The van der Waals surface area contributed by atoms with Crippen molar-refractivity contribution >= 4 is 11.7 Å². The summed E-state index contributed by atoms with van der Waals surface area (Å²) >= 11 is 0. The Bertz CT molecular complexity index is 447. The number of nitrogens with zero attached hydrogens (tertiary/aromatic N) is 4. The first-order chi connectivity index (χ1) is 9.46. The summed E-state index contributed by atoms with van der Waals surface area (Å²) < 4.78 is 0. The maximum atomic E-state index is 11.8. The van der Waals surface area contributed by atoms with Crippen LogP contribution in [0, 0.1) is 6.92 Å². The molecule has 112 valence electrons. The molecule has 1 aromatic rings. The topological polar surface area (TPSA) is 61.4 Å². The van der Waals surface area contributed by atoms with Crippen molar-refractivity contribution in [3.63, 3.8) is 0 Å². The number of carbonyl (C=O) groups excluding carboxylic acids is 1. The van der Waals surface area contributed by atoms with Gasteiger partial charge in [0.25, 0.3) is 0 Å². The molecule has 1 heterocycles. The maximum Gasteiger partial charge on any atom is 0.236 e. The molecule has 0 atom stereocenters. The molecule has 0 fully saturated rings. The first kappa shape index (κ1) is 16.4. The Morgan fingerprint density at radius 3 is 2.55 bits per heavy atom. The lowest BCUT2D eigenvalue weighted by molar-refractivity contribution is -0.130. The van der Waals surface area contributed by atoms with Crippen LogP contribution >= 0.6 is 0 Å². The van der Waals surface area contributed by atoms with Crippen LogP contribution in [0.2, 0.25) is 0 Å². The molecule has 0 saturated carbocycles. The molecule has 0 spiro atoms. The number of nitrogens with one attached hydrogen (secondary N) is 1. The van der Waals surface area contributed by atoms with Crippen molar-refractivity contribution in [3.05, 3.63) is 17.6 Å². The molecule has 0 aromatic carbocycles. The maximum absolute atomic E-state index is 11.8. The predicted molar refractivity (Wildman–Crippen MR) is 80.6 cm³/mol. The molecule has 1 aromatic heterocycles. The number of hydrogen-bond acceptors (Lipinski definition) is 5. The molecule has 20 heavy (non-hydrogen) atoms. The second kappa shape index (κ2) is 7.79. The van der Waals surface area contributed by atoms with Crippen molar-refractivity contribution in [2.75, 3.05) is 39.0 Å². The van der Waals surface area contributed by atoms with Crippen molar-refractivity contribution in [2.24, 2.45) is 0 Å². The Hall–Kier alpha value is -1.69. The number of anilines is 1. The van der Waals surface area contributed by atoms with E-state index in [1.54, 1.807) is 19.0 Å². The number of amides is 1. The van der Waals surface area contributed by atoms with E-state index in [2.05, 4.69) is 15.3 Å². The van der Waals surface area contributed by atoms with Gasteiger partial charge in [0.15, 0.2) is 0 Å². The van der Waals surface area contributed by atoms with E-state index in [4.69, 9.17) is 0 Å².